The van der Waals surface area contributed by atoms with E-state index >= 15 is 0 Å². The van der Waals surface area contributed by atoms with Crippen LogP contribution in [-0.4, -0.2) is 58.6 Å². The molecule has 3 heterocycles. The quantitative estimate of drug-likeness (QED) is 0.762. The molecule has 0 radical (unpaired) electrons. The summed E-state index contributed by atoms with van der Waals surface area (Å²) in [6.45, 7) is 0.528. The van der Waals surface area contributed by atoms with Gasteiger partial charge in [0.15, 0.2) is 0 Å². The maximum absolute atomic E-state index is 13.5. The molecule has 7 nitrogen and oxygen atoms in total. The third-order valence-corrected chi connectivity index (χ3v) is 7.18. The van der Waals surface area contributed by atoms with Crippen LogP contribution in [0.25, 0.3) is 0 Å². The first-order chi connectivity index (χ1) is 14.0. The highest BCUT2D eigenvalue weighted by atomic mass is 16.2. The maximum atomic E-state index is 13.5. The zero-order chi connectivity index (χ0) is 20.1. The van der Waals surface area contributed by atoms with Gasteiger partial charge in [-0.05, 0) is 37.3 Å². The lowest BCUT2D eigenvalue weighted by molar-refractivity contribution is -0.135. The van der Waals surface area contributed by atoms with E-state index in [1.807, 2.05) is 23.1 Å². The summed E-state index contributed by atoms with van der Waals surface area (Å²) in [5, 5.41) is 2.36. The van der Waals surface area contributed by atoms with Crippen molar-refractivity contribution in [3.63, 3.8) is 0 Å². The van der Waals surface area contributed by atoms with Gasteiger partial charge in [-0.3, -0.25) is 24.5 Å². The largest absolute Gasteiger partial charge is 0.339 e. The van der Waals surface area contributed by atoms with E-state index in [0.717, 1.165) is 25.7 Å². The summed E-state index contributed by atoms with van der Waals surface area (Å²) in [6, 6.07) is 8.73. The molecule has 1 aliphatic carbocycles. The van der Waals surface area contributed by atoms with Gasteiger partial charge in [0.25, 0.3) is 5.91 Å². The topological polar surface area (TPSA) is 86.8 Å². The SMILES string of the molecule is O=C1NC(=O)[C@@H]2CN(C(=O)C3CC4CCCCC4N3C(=O)c3ccccc3)C[C@H]12. The molecule has 1 aromatic carbocycles. The Bertz CT molecular complexity index is 848. The Morgan fingerprint density at radius 2 is 1.59 bits per heavy atom. The normalized spacial score (nSPS) is 33.4. The van der Waals surface area contributed by atoms with Crippen molar-refractivity contribution >= 4 is 23.6 Å². The van der Waals surface area contributed by atoms with Crippen LogP contribution in [0.2, 0.25) is 0 Å². The third-order valence-electron chi connectivity index (χ3n) is 7.18. The molecule has 0 aromatic heterocycles. The number of amides is 4. The highest BCUT2D eigenvalue weighted by Gasteiger charge is 2.53. The molecule has 3 aliphatic heterocycles. The minimum absolute atomic E-state index is 0.0911. The lowest BCUT2D eigenvalue weighted by atomic mass is 9.84. The molecule has 1 saturated carbocycles. The van der Waals surface area contributed by atoms with Crippen molar-refractivity contribution in [2.24, 2.45) is 17.8 Å². The third kappa shape index (κ3) is 2.94. The molecule has 7 heteroatoms. The lowest BCUT2D eigenvalue weighted by Gasteiger charge is -2.34. The van der Waals surface area contributed by atoms with Crippen LogP contribution in [0.4, 0.5) is 0 Å². The van der Waals surface area contributed by atoms with Crippen molar-refractivity contribution in [3.8, 4) is 0 Å². The molecule has 5 atom stereocenters. The first-order valence-electron chi connectivity index (χ1n) is 10.6. The van der Waals surface area contributed by atoms with Gasteiger partial charge < -0.3 is 9.80 Å². The summed E-state index contributed by atoms with van der Waals surface area (Å²) < 4.78 is 0. The summed E-state index contributed by atoms with van der Waals surface area (Å²) in [5.74, 6) is -1.33. The number of carbonyl (C=O) groups is 4. The van der Waals surface area contributed by atoms with Crippen LogP contribution in [0.3, 0.4) is 0 Å². The van der Waals surface area contributed by atoms with E-state index in [-0.39, 0.29) is 42.8 Å². The average molecular weight is 395 g/mol. The van der Waals surface area contributed by atoms with Crippen LogP contribution in [0.1, 0.15) is 42.5 Å². The second kappa shape index (κ2) is 6.97. The number of likely N-dealkylation sites (tertiary alicyclic amines) is 2. The zero-order valence-corrected chi connectivity index (χ0v) is 16.3. The van der Waals surface area contributed by atoms with Gasteiger partial charge in [-0.1, -0.05) is 31.0 Å². The van der Waals surface area contributed by atoms with Crippen LogP contribution in [0.15, 0.2) is 30.3 Å². The minimum atomic E-state index is -0.507. The molecule has 1 N–H and O–H groups in total. The molecule has 4 amide bonds. The van der Waals surface area contributed by atoms with Gasteiger partial charge in [-0.15, -0.1) is 0 Å². The van der Waals surface area contributed by atoms with E-state index in [4.69, 9.17) is 0 Å². The second-order valence-electron chi connectivity index (χ2n) is 8.75. The van der Waals surface area contributed by atoms with E-state index in [0.29, 0.717) is 17.9 Å². The van der Waals surface area contributed by atoms with Crippen molar-refractivity contribution < 1.29 is 19.2 Å². The van der Waals surface area contributed by atoms with Crippen molar-refractivity contribution in [2.75, 3.05) is 13.1 Å². The number of nitrogens with one attached hydrogen (secondary N) is 1. The summed E-state index contributed by atoms with van der Waals surface area (Å²) >= 11 is 0. The Balaban J connectivity index is 1.41. The average Bonchev–Trinajstić information content (AvgIpc) is 3.41. The van der Waals surface area contributed by atoms with Crippen LogP contribution >= 0.6 is 0 Å². The van der Waals surface area contributed by atoms with Gasteiger partial charge in [-0.2, -0.15) is 0 Å². The standard InChI is InChI=1S/C22H25N3O4/c26-19-15-11-24(12-16(15)20(27)23-19)22(29)18-10-14-8-4-5-9-17(14)25(18)21(28)13-6-2-1-3-7-13/h1-3,6-7,14-18H,4-5,8-12H2,(H,23,26,27)/t14?,15-,16+,17?,18?. The highest BCUT2D eigenvalue weighted by Crippen LogP contribution is 2.42. The van der Waals surface area contributed by atoms with E-state index in [1.54, 1.807) is 17.0 Å². The van der Waals surface area contributed by atoms with Gasteiger partial charge in [0.2, 0.25) is 17.7 Å². The summed E-state index contributed by atoms with van der Waals surface area (Å²) in [7, 11) is 0. The van der Waals surface area contributed by atoms with Gasteiger partial charge in [-0.25, -0.2) is 0 Å². The lowest BCUT2D eigenvalue weighted by Crippen LogP contribution is -2.51. The Hall–Kier alpha value is -2.70. The molecule has 1 aromatic rings. The number of hydrogen-bond acceptors (Lipinski definition) is 4. The Labute approximate surface area is 169 Å². The number of rotatable bonds is 2. The van der Waals surface area contributed by atoms with Crippen LogP contribution < -0.4 is 5.32 Å². The second-order valence-corrected chi connectivity index (χ2v) is 8.75. The fraction of sp³-hybridized carbons (Fsp3) is 0.545. The molecule has 29 heavy (non-hydrogen) atoms. The fourth-order valence-corrected chi connectivity index (χ4v) is 5.74. The molecule has 152 valence electrons. The Morgan fingerprint density at radius 3 is 2.28 bits per heavy atom. The molecule has 0 spiro atoms. The van der Waals surface area contributed by atoms with Gasteiger partial charge >= 0.3 is 0 Å². The van der Waals surface area contributed by atoms with Crippen LogP contribution in [0.5, 0.6) is 0 Å². The zero-order valence-electron chi connectivity index (χ0n) is 16.3. The van der Waals surface area contributed by atoms with E-state index < -0.39 is 17.9 Å². The molecular formula is C22H25N3O4. The number of carbonyl (C=O) groups excluding carboxylic acids is 4. The van der Waals surface area contributed by atoms with E-state index in [9.17, 15) is 19.2 Å². The minimum Gasteiger partial charge on any atom is -0.339 e. The van der Waals surface area contributed by atoms with Gasteiger partial charge in [0, 0.05) is 24.7 Å². The molecule has 0 bridgehead atoms. The molecule has 3 unspecified atom stereocenters. The molecular weight excluding hydrogens is 370 g/mol. The number of imide groups is 1. The highest BCUT2D eigenvalue weighted by molar-refractivity contribution is 6.06. The number of benzene rings is 1. The Morgan fingerprint density at radius 1 is 0.931 bits per heavy atom. The monoisotopic (exact) mass is 395 g/mol. The molecule has 5 rings (SSSR count). The predicted octanol–water partition coefficient (Wildman–Crippen LogP) is 1.19. The van der Waals surface area contributed by atoms with Crippen LogP contribution in [0, 0.1) is 17.8 Å². The number of hydrogen-bond donors (Lipinski definition) is 1. The predicted molar refractivity (Wildman–Crippen MR) is 103 cm³/mol. The number of fused-ring (bicyclic) bond motifs is 2. The van der Waals surface area contributed by atoms with Gasteiger partial charge in [0.1, 0.15) is 6.04 Å². The van der Waals surface area contributed by atoms with E-state index in [1.165, 1.54) is 0 Å². The fourth-order valence-electron chi connectivity index (χ4n) is 5.74. The molecule has 4 fully saturated rings. The summed E-state index contributed by atoms with van der Waals surface area (Å²) in [5.41, 5.74) is 0.601. The maximum Gasteiger partial charge on any atom is 0.254 e. The smallest absolute Gasteiger partial charge is 0.254 e. The molecule has 4 aliphatic rings. The van der Waals surface area contributed by atoms with Crippen molar-refractivity contribution in [3.05, 3.63) is 35.9 Å². The summed E-state index contributed by atoms with van der Waals surface area (Å²) in [6.07, 6.45) is 4.85. The van der Waals surface area contributed by atoms with Crippen LogP contribution in [-0.2, 0) is 14.4 Å². The number of nitrogens with zero attached hydrogens (tertiary/aromatic N) is 2. The van der Waals surface area contributed by atoms with Crippen molar-refractivity contribution in [1.82, 2.24) is 15.1 Å². The van der Waals surface area contributed by atoms with Crippen molar-refractivity contribution in [2.45, 2.75) is 44.2 Å². The van der Waals surface area contributed by atoms with E-state index in [2.05, 4.69) is 5.32 Å². The summed E-state index contributed by atoms with van der Waals surface area (Å²) in [4.78, 5) is 54.3. The van der Waals surface area contributed by atoms with Gasteiger partial charge in [0.05, 0.1) is 11.8 Å². The molecule has 3 saturated heterocycles. The first kappa shape index (κ1) is 18.3. The van der Waals surface area contributed by atoms with Crippen molar-refractivity contribution in [1.29, 1.82) is 0 Å². The first-order valence-corrected chi connectivity index (χ1v) is 10.6. The Kier molecular flexibility index (Phi) is 4.41.